The number of piperazine rings is 1. The normalized spacial score (nSPS) is 26.8. The van der Waals surface area contributed by atoms with Crippen molar-refractivity contribution in [1.82, 2.24) is 20.4 Å². The van der Waals surface area contributed by atoms with Gasteiger partial charge in [0, 0.05) is 38.6 Å². The molecular weight excluding hydrogens is 392 g/mol. The van der Waals surface area contributed by atoms with Crippen LogP contribution in [0.5, 0.6) is 0 Å². The topological polar surface area (TPSA) is 81.8 Å². The number of carbonyl (C=O) groups excluding carboxylic acids is 3. The van der Waals surface area contributed by atoms with Gasteiger partial charge in [0.25, 0.3) is 5.91 Å². The van der Waals surface area contributed by atoms with Gasteiger partial charge in [0.1, 0.15) is 5.54 Å². The summed E-state index contributed by atoms with van der Waals surface area (Å²) in [5.74, 6) is -0.101. The number of imide groups is 1. The van der Waals surface area contributed by atoms with Gasteiger partial charge >= 0.3 is 6.03 Å². The number of hydrogen-bond acceptors (Lipinski definition) is 4. The smallest absolute Gasteiger partial charge is 0.322 e. The van der Waals surface area contributed by atoms with E-state index < -0.39 is 11.6 Å². The fourth-order valence-electron chi connectivity index (χ4n) is 5.29. The fourth-order valence-corrected chi connectivity index (χ4v) is 5.29. The van der Waals surface area contributed by atoms with E-state index in [9.17, 15) is 14.4 Å². The molecule has 1 aliphatic carbocycles. The molecule has 0 aromatic heterocycles. The number of benzene rings is 2. The van der Waals surface area contributed by atoms with Gasteiger partial charge in [-0.1, -0.05) is 42.5 Å². The highest BCUT2D eigenvalue weighted by Crippen LogP contribution is 2.35. The van der Waals surface area contributed by atoms with Crippen molar-refractivity contribution < 1.29 is 14.4 Å². The highest BCUT2D eigenvalue weighted by atomic mass is 16.2. The summed E-state index contributed by atoms with van der Waals surface area (Å²) < 4.78 is 0. The van der Waals surface area contributed by atoms with Crippen LogP contribution < -0.4 is 10.6 Å². The monoisotopic (exact) mass is 420 g/mol. The minimum Gasteiger partial charge on any atom is -0.340 e. The van der Waals surface area contributed by atoms with Crippen LogP contribution in [0.3, 0.4) is 0 Å². The summed E-state index contributed by atoms with van der Waals surface area (Å²) in [5, 5.41) is 7.65. The molecule has 2 saturated heterocycles. The number of amides is 4. The van der Waals surface area contributed by atoms with E-state index in [2.05, 4.69) is 58.0 Å². The molecule has 2 aromatic rings. The summed E-state index contributed by atoms with van der Waals surface area (Å²) in [7, 11) is 0. The van der Waals surface area contributed by atoms with Crippen LogP contribution in [0.25, 0.3) is 10.8 Å². The number of fused-ring (bicyclic) bond motifs is 1. The second kappa shape index (κ2) is 7.96. The molecule has 2 heterocycles. The number of nitrogens with zero attached hydrogens (tertiary/aromatic N) is 2. The van der Waals surface area contributed by atoms with E-state index in [-0.39, 0.29) is 17.7 Å². The maximum absolute atomic E-state index is 13.1. The summed E-state index contributed by atoms with van der Waals surface area (Å²) in [5.41, 5.74) is 0.526. The van der Waals surface area contributed by atoms with Crippen LogP contribution in [-0.2, 0) is 16.1 Å². The Kier molecular flexibility index (Phi) is 5.14. The molecule has 3 fully saturated rings. The van der Waals surface area contributed by atoms with Crippen LogP contribution in [-0.4, -0.2) is 59.4 Å². The van der Waals surface area contributed by atoms with Gasteiger partial charge in [-0.05, 0) is 42.0 Å². The summed E-state index contributed by atoms with van der Waals surface area (Å²) in [6.07, 6.45) is 2.34. The standard InChI is InChI=1S/C24H28N4O3/c29-21(18-8-10-24(11-9-18)22(30)25-23(31)26-24)28-14-12-27(13-15-28)16-19-6-3-5-17-4-1-2-7-20(17)19/h1-7,18H,8-16H2,(H2,25,26,30,31). The van der Waals surface area contributed by atoms with Gasteiger partial charge < -0.3 is 10.2 Å². The number of urea groups is 1. The third kappa shape index (κ3) is 3.78. The summed E-state index contributed by atoms with van der Waals surface area (Å²) in [6, 6.07) is 14.5. The molecule has 7 heteroatoms. The third-order valence-corrected chi connectivity index (χ3v) is 7.16. The summed E-state index contributed by atoms with van der Waals surface area (Å²) >= 11 is 0. The molecule has 2 aromatic carbocycles. The zero-order chi connectivity index (χ0) is 21.4. The first-order valence-corrected chi connectivity index (χ1v) is 11.2. The van der Waals surface area contributed by atoms with Gasteiger partial charge in [-0.3, -0.25) is 19.8 Å². The Bertz CT molecular complexity index is 1020. The van der Waals surface area contributed by atoms with E-state index in [1.54, 1.807) is 0 Å². The Labute approximate surface area is 181 Å². The summed E-state index contributed by atoms with van der Waals surface area (Å²) in [4.78, 5) is 41.1. The second-order valence-electron chi connectivity index (χ2n) is 9.00. The van der Waals surface area contributed by atoms with Crippen molar-refractivity contribution in [3.63, 3.8) is 0 Å². The Morgan fingerprint density at radius 3 is 2.39 bits per heavy atom. The van der Waals surface area contributed by atoms with Gasteiger partial charge in [0.15, 0.2) is 0 Å². The molecule has 0 bridgehead atoms. The van der Waals surface area contributed by atoms with E-state index in [1.165, 1.54) is 16.3 Å². The molecule has 3 aliphatic rings. The van der Waals surface area contributed by atoms with E-state index in [0.717, 1.165) is 32.7 Å². The largest absolute Gasteiger partial charge is 0.340 e. The van der Waals surface area contributed by atoms with Crippen LogP contribution in [0.15, 0.2) is 42.5 Å². The van der Waals surface area contributed by atoms with Crippen molar-refractivity contribution in [3.8, 4) is 0 Å². The predicted octanol–water partition coefficient (Wildman–Crippen LogP) is 2.25. The van der Waals surface area contributed by atoms with Crippen molar-refractivity contribution in [1.29, 1.82) is 0 Å². The Morgan fingerprint density at radius 1 is 0.968 bits per heavy atom. The molecule has 0 unspecified atom stereocenters. The van der Waals surface area contributed by atoms with Crippen molar-refractivity contribution >= 4 is 28.6 Å². The van der Waals surface area contributed by atoms with Crippen LogP contribution >= 0.6 is 0 Å². The van der Waals surface area contributed by atoms with Gasteiger partial charge in [0.2, 0.25) is 5.91 Å². The molecule has 0 atom stereocenters. The van der Waals surface area contributed by atoms with Crippen molar-refractivity contribution in [2.75, 3.05) is 26.2 Å². The van der Waals surface area contributed by atoms with Crippen molar-refractivity contribution in [2.45, 2.75) is 37.8 Å². The molecule has 0 radical (unpaired) electrons. The van der Waals surface area contributed by atoms with Crippen molar-refractivity contribution in [3.05, 3.63) is 48.0 Å². The van der Waals surface area contributed by atoms with Gasteiger partial charge in [-0.25, -0.2) is 4.79 Å². The maximum atomic E-state index is 13.1. The van der Waals surface area contributed by atoms with E-state index in [1.807, 2.05) is 4.90 Å². The summed E-state index contributed by atoms with van der Waals surface area (Å²) in [6.45, 7) is 4.10. The number of carbonyl (C=O) groups is 3. The molecule has 1 spiro atoms. The average Bonchev–Trinajstić information content (AvgIpc) is 3.07. The van der Waals surface area contributed by atoms with Crippen LogP contribution in [0.1, 0.15) is 31.2 Å². The Hall–Kier alpha value is -2.93. The molecule has 1 saturated carbocycles. The van der Waals surface area contributed by atoms with Crippen LogP contribution in [0.4, 0.5) is 4.79 Å². The predicted molar refractivity (Wildman–Crippen MR) is 117 cm³/mol. The Balaban J connectivity index is 1.15. The third-order valence-electron chi connectivity index (χ3n) is 7.16. The lowest BCUT2D eigenvalue weighted by Gasteiger charge is -2.39. The van der Waals surface area contributed by atoms with Crippen LogP contribution in [0, 0.1) is 5.92 Å². The average molecular weight is 421 g/mol. The molecule has 2 aliphatic heterocycles. The minimum atomic E-state index is -0.801. The lowest BCUT2D eigenvalue weighted by Crippen LogP contribution is -2.53. The number of rotatable bonds is 3. The van der Waals surface area contributed by atoms with Crippen molar-refractivity contribution in [2.24, 2.45) is 5.92 Å². The molecule has 31 heavy (non-hydrogen) atoms. The highest BCUT2D eigenvalue weighted by Gasteiger charge is 2.49. The second-order valence-corrected chi connectivity index (χ2v) is 9.00. The zero-order valence-corrected chi connectivity index (χ0v) is 17.6. The van der Waals surface area contributed by atoms with Gasteiger partial charge in [-0.2, -0.15) is 0 Å². The first-order chi connectivity index (χ1) is 15.0. The molecule has 7 nitrogen and oxygen atoms in total. The van der Waals surface area contributed by atoms with E-state index in [4.69, 9.17) is 0 Å². The molecule has 2 N–H and O–H groups in total. The SMILES string of the molecule is O=C1NC(=O)C2(CCC(C(=O)N3CCN(Cc4cccc5ccccc45)CC3)CC2)N1. The quantitative estimate of drug-likeness (QED) is 0.747. The zero-order valence-electron chi connectivity index (χ0n) is 17.6. The van der Waals surface area contributed by atoms with Crippen LogP contribution in [0.2, 0.25) is 0 Å². The number of hydrogen-bond donors (Lipinski definition) is 2. The molecular formula is C24H28N4O3. The lowest BCUT2D eigenvalue weighted by molar-refractivity contribution is -0.140. The minimum absolute atomic E-state index is 0.0551. The number of nitrogens with one attached hydrogen (secondary N) is 2. The molecule has 162 valence electrons. The first-order valence-electron chi connectivity index (χ1n) is 11.2. The van der Waals surface area contributed by atoms with Gasteiger partial charge in [0.05, 0.1) is 0 Å². The van der Waals surface area contributed by atoms with Gasteiger partial charge in [-0.15, -0.1) is 0 Å². The first kappa shape index (κ1) is 20.0. The van der Waals surface area contributed by atoms with E-state index in [0.29, 0.717) is 25.7 Å². The maximum Gasteiger partial charge on any atom is 0.322 e. The molecule has 5 rings (SSSR count). The fraction of sp³-hybridized carbons (Fsp3) is 0.458. The Morgan fingerprint density at radius 2 is 1.68 bits per heavy atom. The highest BCUT2D eigenvalue weighted by molar-refractivity contribution is 6.07. The lowest BCUT2D eigenvalue weighted by atomic mass is 9.76. The van der Waals surface area contributed by atoms with E-state index >= 15 is 0 Å². The molecule has 4 amide bonds.